The van der Waals surface area contributed by atoms with E-state index in [1.165, 1.54) is 0 Å². The predicted octanol–water partition coefficient (Wildman–Crippen LogP) is 3.63. The zero-order chi connectivity index (χ0) is 20.7. The average molecular weight is 399 g/mol. The van der Waals surface area contributed by atoms with Gasteiger partial charge in [-0.15, -0.1) is 10.2 Å². The van der Waals surface area contributed by atoms with Crippen molar-refractivity contribution in [2.75, 3.05) is 0 Å². The van der Waals surface area contributed by atoms with E-state index < -0.39 is 5.54 Å². The molecule has 4 heterocycles. The number of benzene rings is 1. The number of fused-ring (bicyclic) bond motifs is 1. The van der Waals surface area contributed by atoms with E-state index in [0.29, 0.717) is 18.2 Å². The molecule has 0 aliphatic rings. The van der Waals surface area contributed by atoms with Crippen molar-refractivity contribution in [1.82, 2.24) is 29.9 Å². The molecule has 0 saturated heterocycles. The lowest BCUT2D eigenvalue weighted by atomic mass is 9.88. The molecule has 0 radical (unpaired) electrons. The van der Waals surface area contributed by atoms with Gasteiger partial charge in [0.2, 0.25) is 11.8 Å². The number of H-pyrrole nitrogens is 1. The van der Waals surface area contributed by atoms with Gasteiger partial charge in [-0.2, -0.15) is 5.10 Å². The summed E-state index contributed by atoms with van der Waals surface area (Å²) >= 11 is 0. The Morgan fingerprint density at radius 1 is 1.13 bits per heavy atom. The first kappa shape index (κ1) is 18.3. The third-order valence-electron chi connectivity index (χ3n) is 5.45. The summed E-state index contributed by atoms with van der Waals surface area (Å²) < 4.78 is 7.85. The molecule has 150 valence electrons. The van der Waals surface area contributed by atoms with E-state index in [0.717, 1.165) is 33.3 Å². The largest absolute Gasteiger partial charge is 0.418 e. The quantitative estimate of drug-likeness (QED) is 0.467. The van der Waals surface area contributed by atoms with Gasteiger partial charge in [-0.3, -0.25) is 4.68 Å². The summed E-state index contributed by atoms with van der Waals surface area (Å²) in [4.78, 5) is 7.70. The summed E-state index contributed by atoms with van der Waals surface area (Å²) in [7, 11) is 1.89. The van der Waals surface area contributed by atoms with Gasteiger partial charge in [0.25, 0.3) is 0 Å². The van der Waals surface area contributed by atoms with Gasteiger partial charge in [-0.1, -0.05) is 37.3 Å². The fourth-order valence-corrected chi connectivity index (χ4v) is 3.64. The van der Waals surface area contributed by atoms with Crippen LogP contribution in [0.2, 0.25) is 0 Å². The first-order valence-corrected chi connectivity index (χ1v) is 9.73. The van der Waals surface area contributed by atoms with Crippen LogP contribution in [0.1, 0.15) is 24.8 Å². The van der Waals surface area contributed by atoms with Crippen molar-refractivity contribution in [3.63, 3.8) is 0 Å². The normalized spacial score (nSPS) is 13.6. The number of nitrogens with zero attached hydrogens (tertiary/aromatic N) is 5. The molecule has 1 unspecified atom stereocenters. The zero-order valence-electron chi connectivity index (χ0n) is 16.7. The maximum Gasteiger partial charge on any atom is 0.250 e. The van der Waals surface area contributed by atoms with Crippen molar-refractivity contribution < 1.29 is 4.42 Å². The van der Waals surface area contributed by atoms with Gasteiger partial charge in [-0.25, -0.2) is 4.98 Å². The van der Waals surface area contributed by atoms with Crippen molar-refractivity contribution in [3.05, 3.63) is 72.6 Å². The van der Waals surface area contributed by atoms with Crippen LogP contribution >= 0.6 is 0 Å². The number of aromatic nitrogens is 6. The van der Waals surface area contributed by atoms with E-state index >= 15 is 0 Å². The molecule has 0 aliphatic carbocycles. The van der Waals surface area contributed by atoms with Gasteiger partial charge in [-0.05, 0) is 18.1 Å². The van der Waals surface area contributed by atoms with Crippen LogP contribution in [-0.2, 0) is 12.6 Å². The number of aryl methyl sites for hydroxylation is 1. The highest BCUT2D eigenvalue weighted by atomic mass is 16.4. The molecule has 1 atom stereocenters. The van der Waals surface area contributed by atoms with Gasteiger partial charge in [0.1, 0.15) is 11.2 Å². The Morgan fingerprint density at radius 2 is 1.97 bits per heavy atom. The van der Waals surface area contributed by atoms with Crippen LogP contribution in [0.4, 0.5) is 0 Å². The summed E-state index contributed by atoms with van der Waals surface area (Å²) in [5, 5.41) is 13.7. The Bertz CT molecular complexity index is 1320. The van der Waals surface area contributed by atoms with Crippen molar-refractivity contribution >= 4 is 11.0 Å². The summed E-state index contributed by atoms with van der Waals surface area (Å²) in [6.07, 6.45) is 8.03. The summed E-state index contributed by atoms with van der Waals surface area (Å²) in [5.41, 5.74) is 10.3. The Hall–Kier alpha value is -3.78. The Kier molecular flexibility index (Phi) is 4.22. The van der Waals surface area contributed by atoms with E-state index in [9.17, 15) is 0 Å². The van der Waals surface area contributed by atoms with E-state index in [1.54, 1.807) is 4.68 Å². The molecule has 30 heavy (non-hydrogen) atoms. The minimum absolute atomic E-state index is 0.386. The molecule has 3 N–H and O–H groups in total. The highest BCUT2D eigenvalue weighted by molar-refractivity contribution is 5.93. The van der Waals surface area contributed by atoms with Crippen molar-refractivity contribution in [3.8, 4) is 22.6 Å². The van der Waals surface area contributed by atoms with Gasteiger partial charge >= 0.3 is 0 Å². The summed E-state index contributed by atoms with van der Waals surface area (Å²) in [6, 6.07) is 11.9. The molecule has 5 aromatic rings. The second-order valence-corrected chi connectivity index (χ2v) is 7.33. The molecule has 8 nitrogen and oxygen atoms in total. The molecule has 0 spiro atoms. The first-order valence-electron chi connectivity index (χ1n) is 9.73. The van der Waals surface area contributed by atoms with Crippen LogP contribution in [0.5, 0.6) is 0 Å². The second kappa shape index (κ2) is 6.93. The highest BCUT2D eigenvalue weighted by Gasteiger charge is 2.34. The van der Waals surface area contributed by atoms with Crippen molar-refractivity contribution in [2.45, 2.75) is 18.9 Å². The minimum atomic E-state index is -0.849. The summed E-state index contributed by atoms with van der Waals surface area (Å²) in [6.45, 7) is 2.01. The van der Waals surface area contributed by atoms with Gasteiger partial charge in [0.15, 0.2) is 0 Å². The SMILES string of the molecule is CCC(N)(c1ccccc1)c1nnc(-c2c[nH]c3ncc(-c4cnn(C)c4)cc23)o1. The average Bonchev–Trinajstić information content (AvgIpc) is 3.52. The first-order chi connectivity index (χ1) is 14.6. The number of hydrogen-bond donors (Lipinski definition) is 2. The maximum atomic E-state index is 6.70. The molecule has 0 amide bonds. The van der Waals surface area contributed by atoms with Crippen molar-refractivity contribution in [1.29, 1.82) is 0 Å². The maximum absolute atomic E-state index is 6.70. The van der Waals surface area contributed by atoms with Crippen LogP contribution in [0.15, 0.2) is 65.6 Å². The number of nitrogens with two attached hydrogens (primary N) is 1. The predicted molar refractivity (Wildman–Crippen MR) is 113 cm³/mol. The molecule has 0 fully saturated rings. The molecular formula is C22H21N7O. The van der Waals surface area contributed by atoms with Crippen LogP contribution in [0.25, 0.3) is 33.6 Å². The second-order valence-electron chi connectivity index (χ2n) is 7.33. The van der Waals surface area contributed by atoms with Gasteiger partial charge in [0.05, 0.1) is 11.8 Å². The third kappa shape index (κ3) is 2.89. The van der Waals surface area contributed by atoms with Crippen LogP contribution in [-0.4, -0.2) is 29.9 Å². The van der Waals surface area contributed by atoms with E-state index in [1.807, 2.05) is 75.2 Å². The smallest absolute Gasteiger partial charge is 0.250 e. The number of aromatic amines is 1. The fraction of sp³-hybridized carbons (Fsp3) is 0.182. The van der Waals surface area contributed by atoms with Crippen LogP contribution in [0, 0.1) is 0 Å². The molecule has 0 saturated carbocycles. The van der Waals surface area contributed by atoms with Gasteiger partial charge < -0.3 is 15.1 Å². The van der Waals surface area contributed by atoms with Gasteiger partial charge in [0, 0.05) is 42.2 Å². The molecule has 1 aromatic carbocycles. The molecule has 0 bridgehead atoms. The number of hydrogen-bond acceptors (Lipinski definition) is 6. The molecule has 4 aromatic heterocycles. The Morgan fingerprint density at radius 3 is 2.70 bits per heavy atom. The number of pyridine rings is 1. The Balaban J connectivity index is 1.58. The topological polar surface area (TPSA) is 111 Å². The van der Waals surface area contributed by atoms with E-state index in [4.69, 9.17) is 10.2 Å². The summed E-state index contributed by atoms with van der Waals surface area (Å²) in [5.74, 6) is 0.789. The molecule has 5 rings (SSSR count). The lowest BCUT2D eigenvalue weighted by Crippen LogP contribution is -2.37. The zero-order valence-corrected chi connectivity index (χ0v) is 16.7. The molecule has 8 heteroatoms. The van der Waals surface area contributed by atoms with Crippen LogP contribution < -0.4 is 5.73 Å². The lowest BCUT2D eigenvalue weighted by molar-refractivity contribution is 0.373. The number of nitrogens with one attached hydrogen (secondary N) is 1. The lowest BCUT2D eigenvalue weighted by Gasteiger charge is -2.24. The van der Waals surface area contributed by atoms with Crippen molar-refractivity contribution in [2.24, 2.45) is 12.8 Å². The standard InChI is InChI=1S/C22H21N7O/c1-3-22(23,16-7-5-4-6-8-16)21-28-27-20(30-21)18-12-25-19-17(18)9-14(10-24-19)15-11-26-29(2)13-15/h4-13H,3,23H2,1-2H3,(H,24,25). The van der Waals surface area contributed by atoms with E-state index in [-0.39, 0.29) is 0 Å². The molecule has 0 aliphatic heterocycles. The monoisotopic (exact) mass is 399 g/mol. The highest BCUT2D eigenvalue weighted by Crippen LogP contribution is 2.34. The van der Waals surface area contributed by atoms with E-state index in [2.05, 4.69) is 25.3 Å². The minimum Gasteiger partial charge on any atom is -0.418 e. The molecular weight excluding hydrogens is 378 g/mol. The Labute approximate surface area is 172 Å². The fourth-order valence-electron chi connectivity index (χ4n) is 3.64. The third-order valence-corrected chi connectivity index (χ3v) is 5.45. The number of rotatable bonds is 5. The van der Waals surface area contributed by atoms with Crippen LogP contribution in [0.3, 0.4) is 0 Å².